The van der Waals surface area contributed by atoms with E-state index in [1.54, 1.807) is 13.8 Å². The molecule has 1 unspecified atom stereocenters. The van der Waals surface area contributed by atoms with E-state index in [4.69, 9.17) is 9.47 Å². The topological polar surface area (TPSA) is 78.9 Å². The molecule has 1 atom stereocenters. The van der Waals surface area contributed by atoms with Gasteiger partial charge >= 0.3 is 17.9 Å². The molecular weight excluding hydrogens is 240 g/mol. The first-order valence-corrected chi connectivity index (χ1v) is 5.94. The van der Waals surface area contributed by atoms with Gasteiger partial charge in [-0.2, -0.15) is 0 Å². The summed E-state index contributed by atoms with van der Waals surface area (Å²) in [6.45, 7) is 3.85. The Balaban J connectivity index is 4.37. The molecule has 0 amide bonds. The van der Waals surface area contributed by atoms with Gasteiger partial charge in [-0.05, 0) is 20.3 Å². The number of carbonyl (C=O) groups excluding carboxylic acids is 3. The molecule has 0 aromatic heterocycles. The fourth-order valence-corrected chi connectivity index (χ4v) is 1.38. The summed E-state index contributed by atoms with van der Waals surface area (Å²) in [5.74, 6) is -2.05. The van der Waals surface area contributed by atoms with Crippen LogP contribution in [0.2, 0.25) is 0 Å². The highest BCUT2D eigenvalue weighted by molar-refractivity contribution is 5.80. The molecule has 0 aliphatic carbocycles. The normalized spacial score (nSPS) is 11.5. The van der Waals surface area contributed by atoms with Crippen LogP contribution in [0.25, 0.3) is 0 Å². The van der Waals surface area contributed by atoms with E-state index in [1.807, 2.05) is 0 Å². The Hall–Kier alpha value is -1.59. The van der Waals surface area contributed by atoms with Crippen LogP contribution >= 0.6 is 0 Å². The van der Waals surface area contributed by atoms with Crippen molar-refractivity contribution in [2.45, 2.75) is 33.1 Å². The molecule has 0 saturated carbocycles. The van der Waals surface area contributed by atoms with Crippen molar-refractivity contribution in [2.24, 2.45) is 5.92 Å². The van der Waals surface area contributed by atoms with E-state index in [-0.39, 0.29) is 32.5 Å². The largest absolute Gasteiger partial charge is 0.469 e. The van der Waals surface area contributed by atoms with Gasteiger partial charge in [0.05, 0.1) is 32.7 Å². The van der Waals surface area contributed by atoms with Crippen LogP contribution in [0.5, 0.6) is 0 Å². The summed E-state index contributed by atoms with van der Waals surface area (Å²) >= 11 is 0. The Kier molecular flexibility index (Phi) is 8.61. The van der Waals surface area contributed by atoms with Gasteiger partial charge in [-0.1, -0.05) is 0 Å². The summed E-state index contributed by atoms with van der Waals surface area (Å²) in [6.07, 6.45) is 0.202. The van der Waals surface area contributed by atoms with E-state index in [0.717, 1.165) is 0 Å². The van der Waals surface area contributed by atoms with Gasteiger partial charge in [-0.3, -0.25) is 14.4 Å². The Bertz CT molecular complexity index is 286. The van der Waals surface area contributed by atoms with Crippen LogP contribution in [-0.2, 0) is 28.6 Å². The molecule has 0 saturated heterocycles. The van der Waals surface area contributed by atoms with Crippen molar-refractivity contribution < 1.29 is 28.6 Å². The van der Waals surface area contributed by atoms with E-state index < -0.39 is 23.8 Å². The first-order valence-electron chi connectivity index (χ1n) is 5.94. The molecule has 6 nitrogen and oxygen atoms in total. The number of ether oxygens (including phenoxy) is 3. The molecular formula is C12H20O6. The van der Waals surface area contributed by atoms with Crippen molar-refractivity contribution >= 4 is 17.9 Å². The fourth-order valence-electron chi connectivity index (χ4n) is 1.38. The lowest BCUT2D eigenvalue weighted by molar-refractivity contribution is -0.155. The van der Waals surface area contributed by atoms with Gasteiger partial charge < -0.3 is 14.2 Å². The van der Waals surface area contributed by atoms with Gasteiger partial charge in [0.25, 0.3) is 0 Å². The molecule has 0 heterocycles. The predicted octanol–water partition coefficient (Wildman–Crippen LogP) is 1.07. The molecule has 0 rings (SSSR count). The van der Waals surface area contributed by atoms with Crippen molar-refractivity contribution in [3.8, 4) is 0 Å². The number of methoxy groups -OCH3 is 1. The number of rotatable bonds is 8. The van der Waals surface area contributed by atoms with Crippen LogP contribution in [0.1, 0.15) is 33.1 Å². The molecule has 6 heteroatoms. The van der Waals surface area contributed by atoms with Crippen LogP contribution in [0.3, 0.4) is 0 Å². The maximum absolute atomic E-state index is 11.6. The van der Waals surface area contributed by atoms with Crippen LogP contribution in [0.15, 0.2) is 0 Å². The van der Waals surface area contributed by atoms with E-state index in [2.05, 4.69) is 4.74 Å². The highest BCUT2D eigenvalue weighted by Gasteiger charge is 2.24. The molecule has 0 bridgehead atoms. The lowest BCUT2D eigenvalue weighted by atomic mass is 9.99. The standard InChI is InChI=1S/C12H20O6/c1-4-17-11(14)8-9(12(15)18-5-2)6-7-10(13)16-3/h9H,4-8H2,1-3H3. The molecule has 0 aliphatic heterocycles. The minimum atomic E-state index is -0.664. The van der Waals surface area contributed by atoms with E-state index in [9.17, 15) is 14.4 Å². The number of hydrogen-bond acceptors (Lipinski definition) is 6. The number of carbonyl (C=O) groups is 3. The fraction of sp³-hybridized carbons (Fsp3) is 0.750. The van der Waals surface area contributed by atoms with Gasteiger partial charge in [0.2, 0.25) is 0 Å². The highest BCUT2D eigenvalue weighted by atomic mass is 16.5. The summed E-state index contributed by atoms with van der Waals surface area (Å²) < 4.78 is 14.1. The molecule has 18 heavy (non-hydrogen) atoms. The van der Waals surface area contributed by atoms with E-state index in [0.29, 0.717) is 0 Å². The third-order valence-corrected chi connectivity index (χ3v) is 2.26. The zero-order valence-corrected chi connectivity index (χ0v) is 11.1. The minimum absolute atomic E-state index is 0.0688. The molecule has 0 aliphatic rings. The SMILES string of the molecule is CCOC(=O)CC(CCC(=O)OC)C(=O)OCC. The Morgan fingerprint density at radius 1 is 1.00 bits per heavy atom. The number of esters is 3. The van der Waals surface area contributed by atoms with Gasteiger partial charge in [0.1, 0.15) is 0 Å². The summed E-state index contributed by atoms with van der Waals surface area (Å²) in [4.78, 5) is 33.9. The third kappa shape index (κ3) is 6.88. The third-order valence-electron chi connectivity index (χ3n) is 2.26. The van der Waals surface area contributed by atoms with Crippen LogP contribution in [0.4, 0.5) is 0 Å². The minimum Gasteiger partial charge on any atom is -0.469 e. The maximum Gasteiger partial charge on any atom is 0.309 e. The van der Waals surface area contributed by atoms with Gasteiger partial charge in [-0.25, -0.2) is 0 Å². The lowest BCUT2D eigenvalue weighted by Crippen LogP contribution is -2.23. The second-order valence-electron chi connectivity index (χ2n) is 3.57. The van der Waals surface area contributed by atoms with Crippen molar-refractivity contribution in [2.75, 3.05) is 20.3 Å². The van der Waals surface area contributed by atoms with Crippen LogP contribution in [0, 0.1) is 5.92 Å². The van der Waals surface area contributed by atoms with Gasteiger partial charge in [0.15, 0.2) is 0 Å². The Morgan fingerprint density at radius 2 is 1.61 bits per heavy atom. The Labute approximate surface area is 107 Å². The summed E-state index contributed by atoms with van der Waals surface area (Å²) in [7, 11) is 1.27. The summed E-state index contributed by atoms with van der Waals surface area (Å²) in [5.41, 5.74) is 0. The summed E-state index contributed by atoms with van der Waals surface area (Å²) in [5, 5.41) is 0. The van der Waals surface area contributed by atoms with Crippen molar-refractivity contribution in [3.63, 3.8) is 0 Å². The van der Waals surface area contributed by atoms with Crippen LogP contribution < -0.4 is 0 Å². The lowest BCUT2D eigenvalue weighted by Gasteiger charge is -2.14. The zero-order chi connectivity index (χ0) is 14.0. The van der Waals surface area contributed by atoms with Crippen molar-refractivity contribution in [1.29, 1.82) is 0 Å². The second-order valence-corrected chi connectivity index (χ2v) is 3.57. The molecule has 104 valence electrons. The van der Waals surface area contributed by atoms with E-state index in [1.165, 1.54) is 7.11 Å². The molecule has 0 radical (unpaired) electrons. The van der Waals surface area contributed by atoms with Crippen molar-refractivity contribution in [3.05, 3.63) is 0 Å². The zero-order valence-electron chi connectivity index (χ0n) is 11.1. The molecule has 0 aromatic rings. The predicted molar refractivity (Wildman–Crippen MR) is 62.6 cm³/mol. The maximum atomic E-state index is 11.6. The first-order chi connectivity index (χ1) is 8.54. The van der Waals surface area contributed by atoms with E-state index >= 15 is 0 Å². The number of hydrogen-bond donors (Lipinski definition) is 0. The first kappa shape index (κ1) is 16.4. The molecule has 0 N–H and O–H groups in total. The highest BCUT2D eigenvalue weighted by Crippen LogP contribution is 2.15. The van der Waals surface area contributed by atoms with Gasteiger partial charge in [-0.15, -0.1) is 0 Å². The van der Waals surface area contributed by atoms with Crippen LogP contribution in [-0.4, -0.2) is 38.2 Å². The molecule has 0 spiro atoms. The second kappa shape index (κ2) is 9.44. The van der Waals surface area contributed by atoms with Gasteiger partial charge in [0, 0.05) is 6.42 Å². The Morgan fingerprint density at radius 3 is 2.11 bits per heavy atom. The molecule has 0 aromatic carbocycles. The smallest absolute Gasteiger partial charge is 0.309 e. The monoisotopic (exact) mass is 260 g/mol. The van der Waals surface area contributed by atoms with Crippen molar-refractivity contribution in [1.82, 2.24) is 0 Å². The summed E-state index contributed by atoms with van der Waals surface area (Å²) in [6, 6.07) is 0. The molecule has 0 fully saturated rings. The average Bonchev–Trinajstić information content (AvgIpc) is 2.34. The quantitative estimate of drug-likeness (QED) is 0.480. The average molecular weight is 260 g/mol.